The van der Waals surface area contributed by atoms with Crippen LogP contribution in [0.2, 0.25) is 0 Å². The summed E-state index contributed by atoms with van der Waals surface area (Å²) in [6, 6.07) is 11.9. The Morgan fingerprint density at radius 3 is 2.33 bits per heavy atom. The van der Waals surface area contributed by atoms with Gasteiger partial charge in [-0.1, -0.05) is 0 Å². The maximum atomic E-state index is 12.3. The molecule has 142 valence electrons. The summed E-state index contributed by atoms with van der Waals surface area (Å²) >= 11 is 0. The van der Waals surface area contributed by atoms with Crippen LogP contribution in [0.1, 0.15) is 16.7 Å². The molecule has 0 spiro atoms. The molecular formula is C22H26N2O3. The molecule has 0 aliphatic carbocycles. The van der Waals surface area contributed by atoms with Gasteiger partial charge in [0.05, 0.1) is 20.3 Å². The van der Waals surface area contributed by atoms with Gasteiger partial charge in [0.2, 0.25) is 5.91 Å². The molecule has 3 rings (SSSR count). The van der Waals surface area contributed by atoms with Crippen molar-refractivity contribution in [3.63, 3.8) is 0 Å². The normalized spacial score (nSPS) is 14.4. The summed E-state index contributed by atoms with van der Waals surface area (Å²) in [7, 11) is 1.65. The van der Waals surface area contributed by atoms with Gasteiger partial charge in [-0.3, -0.25) is 4.79 Å². The number of benzene rings is 2. The number of anilines is 2. The predicted molar refractivity (Wildman–Crippen MR) is 110 cm³/mol. The van der Waals surface area contributed by atoms with Crippen molar-refractivity contribution in [2.45, 2.75) is 13.8 Å². The fraction of sp³-hybridized carbons (Fsp3) is 0.318. The van der Waals surface area contributed by atoms with Crippen molar-refractivity contribution in [2.75, 3.05) is 43.6 Å². The second-order valence-electron chi connectivity index (χ2n) is 6.64. The fourth-order valence-electron chi connectivity index (χ4n) is 3.24. The number of methoxy groups -OCH3 is 1. The van der Waals surface area contributed by atoms with Crippen molar-refractivity contribution >= 4 is 23.4 Å². The van der Waals surface area contributed by atoms with E-state index in [1.54, 1.807) is 13.2 Å². The summed E-state index contributed by atoms with van der Waals surface area (Å²) in [6.45, 7) is 7.33. The average molecular weight is 366 g/mol. The Morgan fingerprint density at radius 1 is 1.11 bits per heavy atom. The zero-order chi connectivity index (χ0) is 19.2. The lowest BCUT2D eigenvalue weighted by atomic mass is 10.0. The first-order valence-electron chi connectivity index (χ1n) is 9.14. The molecule has 0 saturated carbocycles. The molecule has 2 aromatic carbocycles. The van der Waals surface area contributed by atoms with Crippen molar-refractivity contribution in [3.8, 4) is 5.75 Å². The third-order valence-corrected chi connectivity index (χ3v) is 4.72. The molecule has 1 amide bonds. The minimum absolute atomic E-state index is 0.149. The Morgan fingerprint density at radius 2 is 1.74 bits per heavy atom. The number of nitrogens with zero attached hydrogens (tertiary/aromatic N) is 1. The molecule has 0 aromatic heterocycles. The summed E-state index contributed by atoms with van der Waals surface area (Å²) in [5, 5.41) is 2.91. The Kier molecular flexibility index (Phi) is 6.14. The molecule has 0 unspecified atom stereocenters. The molecule has 1 aliphatic rings. The van der Waals surface area contributed by atoms with E-state index < -0.39 is 0 Å². The molecule has 1 aliphatic heterocycles. The molecule has 0 atom stereocenters. The molecule has 1 N–H and O–H groups in total. The number of hydrogen-bond acceptors (Lipinski definition) is 4. The number of hydrogen-bond donors (Lipinski definition) is 1. The highest BCUT2D eigenvalue weighted by molar-refractivity contribution is 6.02. The fourth-order valence-corrected chi connectivity index (χ4v) is 3.24. The van der Waals surface area contributed by atoms with Gasteiger partial charge in [0, 0.05) is 30.5 Å². The second-order valence-corrected chi connectivity index (χ2v) is 6.64. The average Bonchev–Trinajstić information content (AvgIpc) is 2.68. The van der Waals surface area contributed by atoms with E-state index in [1.165, 1.54) is 0 Å². The number of amides is 1. The van der Waals surface area contributed by atoms with Crippen LogP contribution in [-0.4, -0.2) is 39.3 Å². The SMILES string of the molecule is COc1cc(C)c(/C=C/C(=O)Nc2ccc(N3CCOCC3)cc2)c(C)c1. The third-order valence-electron chi connectivity index (χ3n) is 4.72. The minimum Gasteiger partial charge on any atom is -0.497 e. The van der Waals surface area contributed by atoms with Crippen LogP contribution in [0.25, 0.3) is 6.08 Å². The Hall–Kier alpha value is -2.79. The number of ether oxygens (including phenoxy) is 2. The zero-order valence-electron chi connectivity index (χ0n) is 16.1. The number of carbonyl (C=O) groups is 1. The maximum absolute atomic E-state index is 12.3. The maximum Gasteiger partial charge on any atom is 0.248 e. The smallest absolute Gasteiger partial charge is 0.248 e. The van der Waals surface area contributed by atoms with E-state index >= 15 is 0 Å². The highest BCUT2D eigenvalue weighted by Gasteiger charge is 2.11. The van der Waals surface area contributed by atoms with Gasteiger partial charge in [0.25, 0.3) is 0 Å². The van der Waals surface area contributed by atoms with Crippen molar-refractivity contribution in [1.82, 2.24) is 0 Å². The van der Waals surface area contributed by atoms with Crippen LogP contribution < -0.4 is 15.0 Å². The lowest BCUT2D eigenvalue weighted by Gasteiger charge is -2.28. The standard InChI is InChI=1S/C22H26N2O3/c1-16-14-20(26-3)15-17(2)21(16)8-9-22(25)23-18-4-6-19(7-5-18)24-10-12-27-13-11-24/h4-9,14-15H,10-13H2,1-3H3,(H,23,25)/b9-8+. The van der Waals surface area contributed by atoms with Gasteiger partial charge >= 0.3 is 0 Å². The Labute approximate surface area is 160 Å². The van der Waals surface area contributed by atoms with E-state index in [1.807, 2.05) is 56.3 Å². The quantitative estimate of drug-likeness (QED) is 0.818. The zero-order valence-corrected chi connectivity index (χ0v) is 16.1. The monoisotopic (exact) mass is 366 g/mol. The molecule has 5 nitrogen and oxygen atoms in total. The van der Waals surface area contributed by atoms with Crippen LogP contribution in [0.15, 0.2) is 42.5 Å². The van der Waals surface area contributed by atoms with Crippen molar-refractivity contribution in [1.29, 1.82) is 0 Å². The van der Waals surface area contributed by atoms with E-state index in [0.29, 0.717) is 0 Å². The first kappa shape index (κ1) is 19.0. The van der Waals surface area contributed by atoms with Gasteiger partial charge in [0.15, 0.2) is 0 Å². The summed E-state index contributed by atoms with van der Waals surface area (Å²) in [5.41, 5.74) is 5.12. The molecular weight excluding hydrogens is 340 g/mol. The Bertz CT molecular complexity index is 799. The van der Waals surface area contributed by atoms with Crippen LogP contribution in [0, 0.1) is 13.8 Å². The predicted octanol–water partition coefficient (Wildman–Crippen LogP) is 3.80. The van der Waals surface area contributed by atoms with E-state index in [4.69, 9.17) is 9.47 Å². The van der Waals surface area contributed by atoms with E-state index in [9.17, 15) is 4.79 Å². The largest absolute Gasteiger partial charge is 0.497 e. The first-order chi connectivity index (χ1) is 13.1. The topological polar surface area (TPSA) is 50.8 Å². The van der Waals surface area contributed by atoms with Crippen molar-refractivity contribution in [3.05, 3.63) is 59.2 Å². The lowest BCUT2D eigenvalue weighted by Crippen LogP contribution is -2.36. The number of aryl methyl sites for hydroxylation is 2. The molecule has 1 saturated heterocycles. The van der Waals surface area contributed by atoms with Gasteiger partial charge in [-0.25, -0.2) is 0 Å². The lowest BCUT2D eigenvalue weighted by molar-refractivity contribution is -0.111. The van der Waals surface area contributed by atoms with Gasteiger partial charge in [0.1, 0.15) is 5.75 Å². The van der Waals surface area contributed by atoms with Gasteiger partial charge in [-0.2, -0.15) is 0 Å². The molecule has 27 heavy (non-hydrogen) atoms. The summed E-state index contributed by atoms with van der Waals surface area (Å²) in [6.07, 6.45) is 3.42. The minimum atomic E-state index is -0.149. The van der Waals surface area contributed by atoms with Crippen LogP contribution in [-0.2, 0) is 9.53 Å². The number of morpholine rings is 1. The molecule has 1 fully saturated rings. The number of carbonyl (C=O) groups excluding carboxylic acids is 1. The van der Waals surface area contributed by atoms with Crippen LogP contribution >= 0.6 is 0 Å². The van der Waals surface area contributed by atoms with Crippen LogP contribution in [0.4, 0.5) is 11.4 Å². The highest BCUT2D eigenvalue weighted by atomic mass is 16.5. The van der Waals surface area contributed by atoms with Gasteiger partial charge < -0.3 is 19.7 Å². The number of rotatable bonds is 5. The van der Waals surface area contributed by atoms with Gasteiger partial charge in [-0.05, 0) is 73.0 Å². The Balaban J connectivity index is 1.63. The first-order valence-corrected chi connectivity index (χ1v) is 9.14. The molecule has 1 heterocycles. The van der Waals surface area contributed by atoms with Gasteiger partial charge in [-0.15, -0.1) is 0 Å². The third kappa shape index (κ3) is 4.89. The van der Waals surface area contributed by atoms with E-state index in [0.717, 1.165) is 60.1 Å². The summed E-state index contributed by atoms with van der Waals surface area (Å²) in [4.78, 5) is 14.6. The number of nitrogens with one attached hydrogen (secondary N) is 1. The van der Waals surface area contributed by atoms with Crippen molar-refractivity contribution in [2.24, 2.45) is 0 Å². The highest BCUT2D eigenvalue weighted by Crippen LogP contribution is 2.23. The summed E-state index contributed by atoms with van der Waals surface area (Å²) in [5.74, 6) is 0.677. The van der Waals surface area contributed by atoms with E-state index in [2.05, 4.69) is 10.2 Å². The van der Waals surface area contributed by atoms with Crippen LogP contribution in [0.3, 0.4) is 0 Å². The summed E-state index contributed by atoms with van der Waals surface area (Å²) < 4.78 is 10.7. The molecule has 2 aromatic rings. The van der Waals surface area contributed by atoms with Crippen molar-refractivity contribution < 1.29 is 14.3 Å². The molecule has 0 radical (unpaired) electrons. The molecule has 5 heteroatoms. The van der Waals surface area contributed by atoms with E-state index in [-0.39, 0.29) is 5.91 Å². The second kappa shape index (κ2) is 8.73. The van der Waals surface area contributed by atoms with Crippen LogP contribution in [0.5, 0.6) is 5.75 Å². The molecule has 0 bridgehead atoms.